The maximum Gasteiger partial charge on any atom is 0.278 e. The summed E-state index contributed by atoms with van der Waals surface area (Å²) in [4.78, 5) is 21.9. The third kappa shape index (κ3) is 3.63. The zero-order valence-electron chi connectivity index (χ0n) is 10.8. The highest BCUT2D eigenvalue weighted by Gasteiger charge is 2.12. The molecule has 0 aliphatic rings. The number of hydrazone groups is 1. The average Bonchev–Trinajstić information content (AvgIpc) is 2.48. The molecule has 0 saturated carbocycles. The third-order valence-corrected chi connectivity index (χ3v) is 2.61. The second-order valence-corrected chi connectivity index (χ2v) is 4.07. The van der Waals surface area contributed by atoms with Crippen LogP contribution in [0.5, 0.6) is 5.75 Å². The van der Waals surface area contributed by atoms with Gasteiger partial charge in [0.25, 0.3) is 11.6 Å². The number of carbonyl (C=O) groups excluding carboxylic acids is 1. The van der Waals surface area contributed by atoms with E-state index in [1.807, 2.05) is 0 Å². The van der Waals surface area contributed by atoms with Crippen molar-refractivity contribution in [3.63, 3.8) is 0 Å². The topological polar surface area (TPSA) is 105 Å². The van der Waals surface area contributed by atoms with Crippen LogP contribution in [-0.2, 0) is 0 Å². The lowest BCUT2D eigenvalue weighted by atomic mass is 10.2. The van der Waals surface area contributed by atoms with Gasteiger partial charge in [0.15, 0.2) is 0 Å². The fraction of sp³-hybridized carbons (Fsp3) is 0. The van der Waals surface area contributed by atoms with Gasteiger partial charge >= 0.3 is 0 Å². The average molecular weight is 285 g/mol. The molecule has 2 rings (SSSR count). The Balaban J connectivity index is 2.13. The summed E-state index contributed by atoms with van der Waals surface area (Å²) < 4.78 is 0. The predicted octanol–water partition coefficient (Wildman–Crippen LogP) is 2.06. The molecule has 1 amide bonds. The summed E-state index contributed by atoms with van der Waals surface area (Å²) in [6.45, 7) is 0. The Kier molecular flexibility index (Phi) is 4.25. The van der Waals surface area contributed by atoms with Crippen molar-refractivity contribution in [3.8, 4) is 5.75 Å². The lowest BCUT2D eigenvalue weighted by Gasteiger charge is -2.00. The Morgan fingerprint density at radius 3 is 2.62 bits per heavy atom. The quantitative estimate of drug-likeness (QED) is 0.509. The fourth-order valence-electron chi connectivity index (χ4n) is 1.63. The molecular formula is C14H11N3O4. The molecule has 0 aromatic heterocycles. The number of benzene rings is 2. The zero-order chi connectivity index (χ0) is 15.2. The minimum absolute atomic E-state index is 0.0911. The van der Waals surface area contributed by atoms with E-state index < -0.39 is 10.8 Å². The van der Waals surface area contributed by atoms with Gasteiger partial charge in [-0.3, -0.25) is 14.9 Å². The maximum atomic E-state index is 11.7. The number of carbonyl (C=O) groups is 1. The van der Waals surface area contributed by atoms with E-state index in [0.29, 0.717) is 5.56 Å². The van der Waals surface area contributed by atoms with Crippen molar-refractivity contribution >= 4 is 17.8 Å². The standard InChI is InChI=1S/C14H11N3O4/c18-12-6-7-13(17(20)21)11(8-12)9-15-16-14(19)10-4-2-1-3-5-10/h1-9,18H,(H,16,19)/b15-9+. The number of hydrogen-bond acceptors (Lipinski definition) is 5. The summed E-state index contributed by atoms with van der Waals surface area (Å²) >= 11 is 0. The molecule has 0 atom stereocenters. The summed E-state index contributed by atoms with van der Waals surface area (Å²) in [5.41, 5.74) is 2.55. The molecule has 106 valence electrons. The highest BCUT2D eigenvalue weighted by Crippen LogP contribution is 2.21. The van der Waals surface area contributed by atoms with E-state index >= 15 is 0 Å². The normalized spacial score (nSPS) is 10.5. The van der Waals surface area contributed by atoms with Gasteiger partial charge in [0.1, 0.15) is 5.75 Å². The van der Waals surface area contributed by atoms with E-state index in [0.717, 1.165) is 12.3 Å². The molecule has 0 aliphatic heterocycles. The van der Waals surface area contributed by atoms with Crippen LogP contribution < -0.4 is 5.43 Å². The third-order valence-electron chi connectivity index (χ3n) is 2.61. The molecule has 0 bridgehead atoms. The van der Waals surface area contributed by atoms with Gasteiger partial charge in [0, 0.05) is 11.6 Å². The van der Waals surface area contributed by atoms with Crippen molar-refractivity contribution in [3.05, 3.63) is 69.8 Å². The molecule has 7 nitrogen and oxygen atoms in total. The lowest BCUT2D eigenvalue weighted by molar-refractivity contribution is -0.385. The predicted molar refractivity (Wildman–Crippen MR) is 76.3 cm³/mol. The van der Waals surface area contributed by atoms with Gasteiger partial charge in [0.05, 0.1) is 16.7 Å². The van der Waals surface area contributed by atoms with E-state index in [-0.39, 0.29) is 17.0 Å². The van der Waals surface area contributed by atoms with Crippen LogP contribution in [0.1, 0.15) is 15.9 Å². The molecule has 2 aromatic rings. The van der Waals surface area contributed by atoms with Gasteiger partial charge < -0.3 is 5.11 Å². The van der Waals surface area contributed by atoms with Crippen molar-refractivity contribution in [2.75, 3.05) is 0 Å². The molecule has 0 saturated heterocycles. The van der Waals surface area contributed by atoms with E-state index in [9.17, 15) is 20.0 Å². The number of aromatic hydroxyl groups is 1. The largest absolute Gasteiger partial charge is 0.508 e. The summed E-state index contributed by atoms with van der Waals surface area (Å²) in [6.07, 6.45) is 1.11. The fourth-order valence-corrected chi connectivity index (χ4v) is 1.63. The maximum absolute atomic E-state index is 11.7. The van der Waals surface area contributed by atoms with E-state index in [1.165, 1.54) is 12.1 Å². The number of amides is 1. The number of phenolic OH excluding ortho intramolecular Hbond substituents is 1. The second kappa shape index (κ2) is 6.29. The molecule has 0 unspecified atom stereocenters. The monoisotopic (exact) mass is 285 g/mol. The number of nitrogens with zero attached hydrogens (tertiary/aromatic N) is 2. The van der Waals surface area contributed by atoms with Gasteiger partial charge in [-0.05, 0) is 24.3 Å². The summed E-state index contributed by atoms with van der Waals surface area (Å²) in [7, 11) is 0. The van der Waals surface area contributed by atoms with Crippen LogP contribution >= 0.6 is 0 Å². The number of nitro groups is 1. The first kappa shape index (κ1) is 14.2. The second-order valence-electron chi connectivity index (χ2n) is 4.07. The Bertz CT molecular complexity index is 699. The molecule has 21 heavy (non-hydrogen) atoms. The number of nitro benzene ring substituents is 1. The minimum Gasteiger partial charge on any atom is -0.508 e. The van der Waals surface area contributed by atoms with Gasteiger partial charge in [-0.15, -0.1) is 0 Å². The lowest BCUT2D eigenvalue weighted by Crippen LogP contribution is -2.17. The van der Waals surface area contributed by atoms with Crippen LogP contribution in [0.4, 0.5) is 5.69 Å². The van der Waals surface area contributed by atoms with Crippen LogP contribution in [0.15, 0.2) is 53.6 Å². The molecule has 0 fully saturated rings. The highest BCUT2D eigenvalue weighted by molar-refractivity contribution is 5.95. The first-order valence-corrected chi connectivity index (χ1v) is 5.94. The van der Waals surface area contributed by atoms with Crippen LogP contribution in [0.2, 0.25) is 0 Å². The van der Waals surface area contributed by atoms with Crippen molar-refractivity contribution in [1.82, 2.24) is 5.43 Å². The molecule has 0 aliphatic carbocycles. The molecule has 0 radical (unpaired) electrons. The van der Waals surface area contributed by atoms with Gasteiger partial charge in [-0.25, -0.2) is 5.43 Å². The van der Waals surface area contributed by atoms with E-state index in [1.54, 1.807) is 30.3 Å². The van der Waals surface area contributed by atoms with E-state index in [2.05, 4.69) is 10.5 Å². The Morgan fingerprint density at radius 1 is 1.24 bits per heavy atom. The Labute approximate surface area is 119 Å². The zero-order valence-corrected chi connectivity index (χ0v) is 10.8. The number of nitrogens with one attached hydrogen (secondary N) is 1. The SMILES string of the molecule is O=C(N/N=C/c1cc(O)ccc1[N+](=O)[O-])c1ccccc1. The molecular weight excluding hydrogens is 274 g/mol. The molecule has 0 heterocycles. The summed E-state index contributed by atoms with van der Waals surface area (Å²) in [5, 5.41) is 23.8. The van der Waals surface area contributed by atoms with Crippen LogP contribution in [-0.4, -0.2) is 22.2 Å². The van der Waals surface area contributed by atoms with Crippen molar-refractivity contribution in [2.24, 2.45) is 5.10 Å². The van der Waals surface area contributed by atoms with E-state index in [4.69, 9.17) is 0 Å². The summed E-state index contributed by atoms with van der Waals surface area (Å²) in [5.74, 6) is -0.564. The van der Waals surface area contributed by atoms with Crippen molar-refractivity contribution in [1.29, 1.82) is 0 Å². The summed E-state index contributed by atoms with van der Waals surface area (Å²) in [6, 6.07) is 12.0. The van der Waals surface area contributed by atoms with Gasteiger partial charge in [0.2, 0.25) is 0 Å². The molecule has 2 N–H and O–H groups in total. The molecule has 0 spiro atoms. The molecule has 2 aromatic carbocycles. The molecule has 7 heteroatoms. The van der Waals surface area contributed by atoms with Gasteiger partial charge in [-0.2, -0.15) is 5.10 Å². The number of phenols is 1. The Hall–Kier alpha value is -3.22. The smallest absolute Gasteiger partial charge is 0.278 e. The first-order chi connectivity index (χ1) is 10.1. The van der Waals surface area contributed by atoms with Crippen LogP contribution in [0, 0.1) is 10.1 Å². The number of hydrogen-bond donors (Lipinski definition) is 2. The highest BCUT2D eigenvalue weighted by atomic mass is 16.6. The van der Waals surface area contributed by atoms with Crippen LogP contribution in [0.25, 0.3) is 0 Å². The first-order valence-electron chi connectivity index (χ1n) is 5.94. The van der Waals surface area contributed by atoms with Crippen molar-refractivity contribution < 1.29 is 14.8 Å². The van der Waals surface area contributed by atoms with Gasteiger partial charge in [-0.1, -0.05) is 18.2 Å². The minimum atomic E-state index is -0.597. The number of rotatable bonds is 4. The van der Waals surface area contributed by atoms with Crippen LogP contribution in [0.3, 0.4) is 0 Å². The van der Waals surface area contributed by atoms with Crippen molar-refractivity contribution in [2.45, 2.75) is 0 Å². The Morgan fingerprint density at radius 2 is 1.95 bits per heavy atom.